The van der Waals surface area contributed by atoms with E-state index in [0.717, 1.165) is 16.4 Å². The molecule has 1 aromatic carbocycles. The minimum Gasteiger partial charge on any atom is -0.318 e. The maximum atomic E-state index is 13.6. The fourth-order valence-corrected chi connectivity index (χ4v) is 1.74. The summed E-state index contributed by atoms with van der Waals surface area (Å²) in [5.41, 5.74) is 0.0423. The zero-order valence-corrected chi connectivity index (χ0v) is 10.8. The topological polar surface area (TPSA) is 90.1 Å². The number of aryl methyl sites for hydroxylation is 2. The van der Waals surface area contributed by atoms with E-state index in [1.54, 1.807) is 13.0 Å². The van der Waals surface area contributed by atoms with E-state index in [0.29, 0.717) is 0 Å². The number of carbonyl (C=O) groups excluding carboxylic acids is 1. The first-order chi connectivity index (χ1) is 9.40. The Labute approximate surface area is 113 Å². The van der Waals surface area contributed by atoms with Crippen LogP contribution in [0.4, 0.5) is 15.8 Å². The predicted molar refractivity (Wildman–Crippen MR) is 69.0 cm³/mol. The number of halogens is 1. The number of carbonyl (C=O) groups is 1. The van der Waals surface area contributed by atoms with E-state index in [-0.39, 0.29) is 11.4 Å². The number of benzene rings is 1. The second-order valence-electron chi connectivity index (χ2n) is 4.20. The molecule has 1 N–H and O–H groups in total. The predicted octanol–water partition coefficient (Wildman–Crippen LogP) is 2.03. The van der Waals surface area contributed by atoms with Gasteiger partial charge in [0.15, 0.2) is 0 Å². The maximum Gasteiger partial charge on any atom is 0.320 e. The van der Waals surface area contributed by atoms with E-state index in [2.05, 4.69) is 10.4 Å². The Hall–Kier alpha value is -2.77. The van der Waals surface area contributed by atoms with Gasteiger partial charge < -0.3 is 5.32 Å². The number of nitro groups is 1. The molecule has 1 aromatic heterocycles. The SMILES string of the molecule is Cc1ccc(F)c(NC(=O)c2c([N+](=O)[O-])cnn2C)c1. The van der Waals surface area contributed by atoms with Crippen molar-refractivity contribution in [2.24, 2.45) is 7.05 Å². The molecule has 104 valence electrons. The van der Waals surface area contributed by atoms with Crippen molar-refractivity contribution in [3.8, 4) is 0 Å². The second kappa shape index (κ2) is 5.08. The molecule has 2 aromatic rings. The molecule has 0 saturated carbocycles. The molecule has 0 saturated heterocycles. The summed E-state index contributed by atoms with van der Waals surface area (Å²) in [7, 11) is 1.40. The van der Waals surface area contributed by atoms with Crippen molar-refractivity contribution < 1.29 is 14.1 Å². The van der Waals surface area contributed by atoms with Crippen LogP contribution in [-0.4, -0.2) is 20.6 Å². The van der Waals surface area contributed by atoms with Crippen LogP contribution in [0.2, 0.25) is 0 Å². The summed E-state index contributed by atoms with van der Waals surface area (Å²) in [5.74, 6) is -1.41. The van der Waals surface area contributed by atoms with Crippen LogP contribution in [0.25, 0.3) is 0 Å². The molecule has 20 heavy (non-hydrogen) atoms. The summed E-state index contributed by atoms with van der Waals surface area (Å²) in [6.45, 7) is 1.74. The number of anilines is 1. The van der Waals surface area contributed by atoms with Crippen molar-refractivity contribution in [3.05, 3.63) is 51.6 Å². The Morgan fingerprint density at radius 3 is 2.85 bits per heavy atom. The quantitative estimate of drug-likeness (QED) is 0.687. The van der Waals surface area contributed by atoms with Gasteiger partial charge in [0.1, 0.15) is 12.0 Å². The summed E-state index contributed by atoms with van der Waals surface area (Å²) in [4.78, 5) is 22.1. The average molecular weight is 278 g/mol. The maximum absolute atomic E-state index is 13.6. The van der Waals surface area contributed by atoms with E-state index in [1.807, 2.05) is 0 Å². The smallest absolute Gasteiger partial charge is 0.318 e. The fourth-order valence-electron chi connectivity index (χ4n) is 1.74. The Bertz CT molecular complexity index is 696. The monoisotopic (exact) mass is 278 g/mol. The van der Waals surface area contributed by atoms with Gasteiger partial charge in [0.05, 0.1) is 10.6 Å². The molecule has 0 radical (unpaired) electrons. The van der Waals surface area contributed by atoms with Crippen LogP contribution in [0.15, 0.2) is 24.4 Å². The molecule has 0 unspecified atom stereocenters. The van der Waals surface area contributed by atoms with Crippen molar-refractivity contribution in [2.45, 2.75) is 6.92 Å². The first kappa shape index (κ1) is 13.7. The van der Waals surface area contributed by atoms with Crippen molar-refractivity contribution in [2.75, 3.05) is 5.32 Å². The number of hydrogen-bond acceptors (Lipinski definition) is 4. The first-order valence-electron chi connectivity index (χ1n) is 5.64. The van der Waals surface area contributed by atoms with Crippen LogP contribution in [0.1, 0.15) is 16.1 Å². The van der Waals surface area contributed by atoms with E-state index >= 15 is 0 Å². The third kappa shape index (κ3) is 2.48. The van der Waals surface area contributed by atoms with Gasteiger partial charge in [-0.1, -0.05) is 6.07 Å². The average Bonchev–Trinajstić information content (AvgIpc) is 2.76. The lowest BCUT2D eigenvalue weighted by Gasteiger charge is -2.07. The Balaban J connectivity index is 2.36. The van der Waals surface area contributed by atoms with Crippen LogP contribution in [0.3, 0.4) is 0 Å². The summed E-state index contributed by atoms with van der Waals surface area (Å²) in [6.07, 6.45) is 0.974. The van der Waals surface area contributed by atoms with Crippen LogP contribution < -0.4 is 5.32 Å². The summed E-state index contributed by atoms with van der Waals surface area (Å²) >= 11 is 0. The zero-order chi connectivity index (χ0) is 14.9. The fraction of sp³-hybridized carbons (Fsp3) is 0.167. The Kier molecular flexibility index (Phi) is 3.47. The van der Waals surface area contributed by atoms with Crippen molar-refractivity contribution in [3.63, 3.8) is 0 Å². The summed E-state index contributed by atoms with van der Waals surface area (Å²) in [6, 6.07) is 4.20. The molecule has 2 rings (SSSR count). The number of amides is 1. The third-order valence-electron chi connectivity index (χ3n) is 2.70. The number of nitrogens with one attached hydrogen (secondary N) is 1. The Morgan fingerprint density at radius 1 is 1.50 bits per heavy atom. The molecule has 0 spiro atoms. The highest BCUT2D eigenvalue weighted by Crippen LogP contribution is 2.21. The molecule has 0 aliphatic heterocycles. The van der Waals surface area contributed by atoms with E-state index in [4.69, 9.17) is 0 Å². The summed E-state index contributed by atoms with van der Waals surface area (Å²) in [5, 5.41) is 16.8. The molecule has 0 aliphatic carbocycles. The van der Waals surface area contributed by atoms with Gasteiger partial charge in [-0.05, 0) is 24.6 Å². The number of aromatic nitrogens is 2. The zero-order valence-electron chi connectivity index (χ0n) is 10.8. The van der Waals surface area contributed by atoms with Gasteiger partial charge in [-0.2, -0.15) is 5.10 Å². The molecule has 8 heteroatoms. The van der Waals surface area contributed by atoms with Crippen LogP contribution >= 0.6 is 0 Å². The lowest BCUT2D eigenvalue weighted by Crippen LogP contribution is -2.18. The third-order valence-corrected chi connectivity index (χ3v) is 2.70. The molecule has 0 fully saturated rings. The van der Waals surface area contributed by atoms with Crippen molar-refractivity contribution in [1.82, 2.24) is 9.78 Å². The van der Waals surface area contributed by atoms with Gasteiger partial charge in [0.25, 0.3) is 5.91 Å². The normalized spacial score (nSPS) is 10.3. The number of nitrogens with zero attached hydrogens (tertiary/aromatic N) is 3. The van der Waals surface area contributed by atoms with Gasteiger partial charge in [-0.3, -0.25) is 19.6 Å². The highest BCUT2D eigenvalue weighted by Gasteiger charge is 2.26. The van der Waals surface area contributed by atoms with Gasteiger partial charge in [0.2, 0.25) is 5.69 Å². The largest absolute Gasteiger partial charge is 0.320 e. The van der Waals surface area contributed by atoms with Gasteiger partial charge in [0, 0.05) is 7.05 Å². The molecule has 1 heterocycles. The highest BCUT2D eigenvalue weighted by molar-refractivity contribution is 6.05. The van der Waals surface area contributed by atoms with Crippen molar-refractivity contribution in [1.29, 1.82) is 0 Å². The van der Waals surface area contributed by atoms with Crippen LogP contribution in [0.5, 0.6) is 0 Å². The molecule has 7 nitrogen and oxygen atoms in total. The number of rotatable bonds is 3. The molecule has 0 aliphatic rings. The van der Waals surface area contributed by atoms with Crippen LogP contribution in [-0.2, 0) is 7.05 Å². The van der Waals surface area contributed by atoms with E-state index in [1.165, 1.54) is 19.2 Å². The van der Waals surface area contributed by atoms with E-state index in [9.17, 15) is 19.3 Å². The van der Waals surface area contributed by atoms with Crippen LogP contribution in [0, 0.1) is 22.9 Å². The van der Waals surface area contributed by atoms with Gasteiger partial charge >= 0.3 is 5.69 Å². The molecular weight excluding hydrogens is 267 g/mol. The lowest BCUT2D eigenvalue weighted by atomic mass is 10.2. The first-order valence-corrected chi connectivity index (χ1v) is 5.64. The molecule has 1 amide bonds. The Morgan fingerprint density at radius 2 is 2.20 bits per heavy atom. The molecule has 0 atom stereocenters. The van der Waals surface area contributed by atoms with E-state index < -0.39 is 22.3 Å². The summed E-state index contributed by atoms with van der Waals surface area (Å²) < 4.78 is 14.6. The highest BCUT2D eigenvalue weighted by atomic mass is 19.1. The van der Waals surface area contributed by atoms with Crippen molar-refractivity contribution >= 4 is 17.3 Å². The lowest BCUT2D eigenvalue weighted by molar-refractivity contribution is -0.385. The van der Waals surface area contributed by atoms with Gasteiger partial charge in [-0.25, -0.2) is 4.39 Å². The molecular formula is C12H11FN4O3. The standard InChI is InChI=1S/C12H11FN4O3/c1-7-3-4-8(13)9(5-7)15-12(18)11-10(17(19)20)6-14-16(11)2/h3-6H,1-2H3,(H,15,18). The number of hydrogen-bond donors (Lipinski definition) is 1. The second-order valence-corrected chi connectivity index (χ2v) is 4.20. The molecule has 0 bridgehead atoms. The minimum absolute atomic E-state index is 0.0366. The van der Waals surface area contributed by atoms with Gasteiger partial charge in [-0.15, -0.1) is 0 Å². The minimum atomic E-state index is -0.791.